The van der Waals surface area contributed by atoms with Gasteiger partial charge in [-0.1, -0.05) is 30.7 Å². The third-order valence-corrected chi connectivity index (χ3v) is 4.41. The molecule has 3 rings (SSSR count). The highest BCUT2D eigenvalue weighted by Gasteiger charge is 2.26. The zero-order valence-electron chi connectivity index (χ0n) is 10.8. The van der Waals surface area contributed by atoms with Gasteiger partial charge in [0.1, 0.15) is 0 Å². The van der Waals surface area contributed by atoms with Gasteiger partial charge in [-0.05, 0) is 42.7 Å². The average molecular weight is 246 g/mol. The molecular formula is C16H22O2. The fraction of sp³-hybridized carbons (Fsp3) is 0.625. The van der Waals surface area contributed by atoms with Crippen molar-refractivity contribution in [1.29, 1.82) is 0 Å². The van der Waals surface area contributed by atoms with Crippen molar-refractivity contribution in [1.82, 2.24) is 0 Å². The molecule has 2 fully saturated rings. The van der Waals surface area contributed by atoms with E-state index in [0.29, 0.717) is 5.92 Å². The van der Waals surface area contributed by atoms with Crippen molar-refractivity contribution in [3.05, 3.63) is 35.4 Å². The predicted molar refractivity (Wildman–Crippen MR) is 71.6 cm³/mol. The lowest BCUT2D eigenvalue weighted by Crippen LogP contribution is -2.16. The first-order valence-electron chi connectivity index (χ1n) is 7.23. The van der Waals surface area contributed by atoms with E-state index < -0.39 is 0 Å². The number of hydrogen-bond acceptors (Lipinski definition) is 2. The van der Waals surface area contributed by atoms with Gasteiger partial charge in [-0.15, -0.1) is 0 Å². The lowest BCUT2D eigenvalue weighted by atomic mass is 9.77. The third kappa shape index (κ3) is 2.45. The Morgan fingerprint density at radius 1 is 1.17 bits per heavy atom. The van der Waals surface area contributed by atoms with Gasteiger partial charge in [0.15, 0.2) is 0 Å². The highest BCUT2D eigenvalue weighted by atomic mass is 16.5. The van der Waals surface area contributed by atoms with Crippen molar-refractivity contribution in [2.45, 2.75) is 56.7 Å². The fourth-order valence-corrected chi connectivity index (χ4v) is 3.11. The molecule has 1 N–H and O–H groups in total. The molecule has 0 amide bonds. The monoisotopic (exact) mass is 246 g/mol. The van der Waals surface area contributed by atoms with E-state index >= 15 is 0 Å². The van der Waals surface area contributed by atoms with E-state index in [1.807, 2.05) is 6.07 Å². The summed E-state index contributed by atoms with van der Waals surface area (Å²) >= 11 is 0. The Bertz CT molecular complexity index is 392. The molecule has 0 bridgehead atoms. The molecular weight excluding hydrogens is 224 g/mol. The van der Waals surface area contributed by atoms with Crippen LogP contribution in [-0.4, -0.2) is 17.8 Å². The van der Waals surface area contributed by atoms with Crippen LogP contribution in [0.15, 0.2) is 24.3 Å². The van der Waals surface area contributed by atoms with Crippen LogP contribution in [0.2, 0.25) is 0 Å². The molecule has 0 radical (unpaired) electrons. The van der Waals surface area contributed by atoms with Gasteiger partial charge in [0, 0.05) is 13.0 Å². The summed E-state index contributed by atoms with van der Waals surface area (Å²) in [5.41, 5.74) is 2.51. The molecule has 1 aromatic carbocycles. The first-order chi connectivity index (χ1) is 8.84. The summed E-state index contributed by atoms with van der Waals surface area (Å²) in [6.07, 6.45) is 6.79. The van der Waals surface area contributed by atoms with Crippen LogP contribution in [0.5, 0.6) is 0 Å². The Morgan fingerprint density at radius 3 is 2.67 bits per heavy atom. The van der Waals surface area contributed by atoms with E-state index in [2.05, 4.69) is 18.2 Å². The van der Waals surface area contributed by atoms with Crippen LogP contribution in [0.1, 0.15) is 61.7 Å². The van der Waals surface area contributed by atoms with Crippen LogP contribution >= 0.6 is 0 Å². The average Bonchev–Trinajstić information content (AvgIpc) is 2.80. The highest BCUT2D eigenvalue weighted by Crippen LogP contribution is 2.40. The van der Waals surface area contributed by atoms with Crippen molar-refractivity contribution in [2.24, 2.45) is 0 Å². The maximum atomic E-state index is 10.5. The van der Waals surface area contributed by atoms with Crippen molar-refractivity contribution in [3.63, 3.8) is 0 Å². The summed E-state index contributed by atoms with van der Waals surface area (Å²) in [6, 6.07) is 8.41. The molecule has 1 saturated carbocycles. The summed E-state index contributed by atoms with van der Waals surface area (Å²) in [5, 5.41) is 10.5. The molecule has 2 unspecified atom stereocenters. The Morgan fingerprint density at radius 2 is 2.00 bits per heavy atom. The van der Waals surface area contributed by atoms with E-state index in [0.717, 1.165) is 31.4 Å². The Balaban J connectivity index is 1.73. The molecule has 1 aromatic rings. The normalized spacial score (nSPS) is 25.9. The van der Waals surface area contributed by atoms with Crippen LogP contribution in [0.3, 0.4) is 0 Å². The lowest BCUT2D eigenvalue weighted by molar-refractivity contribution is 0.0529. The Hall–Kier alpha value is -0.860. The summed E-state index contributed by atoms with van der Waals surface area (Å²) in [4.78, 5) is 0. The van der Waals surface area contributed by atoms with Gasteiger partial charge < -0.3 is 9.84 Å². The first kappa shape index (κ1) is 12.2. The van der Waals surface area contributed by atoms with E-state index in [-0.39, 0.29) is 12.2 Å². The Kier molecular flexibility index (Phi) is 3.67. The van der Waals surface area contributed by atoms with Crippen LogP contribution in [-0.2, 0) is 4.74 Å². The second kappa shape index (κ2) is 5.41. The molecule has 2 nitrogen and oxygen atoms in total. The zero-order chi connectivity index (χ0) is 12.4. The molecule has 1 aliphatic heterocycles. The minimum atomic E-state index is -0.357. The summed E-state index contributed by atoms with van der Waals surface area (Å²) in [7, 11) is 0. The van der Waals surface area contributed by atoms with Gasteiger partial charge in [-0.2, -0.15) is 0 Å². The van der Waals surface area contributed by atoms with Crippen LogP contribution in [0, 0.1) is 0 Å². The van der Waals surface area contributed by atoms with Crippen LogP contribution in [0.25, 0.3) is 0 Å². The van der Waals surface area contributed by atoms with E-state index in [1.165, 1.54) is 24.8 Å². The minimum Gasteiger partial charge on any atom is -0.388 e. The van der Waals surface area contributed by atoms with Crippen molar-refractivity contribution >= 4 is 0 Å². The number of benzene rings is 1. The third-order valence-electron chi connectivity index (χ3n) is 4.41. The fourth-order valence-electron chi connectivity index (χ4n) is 3.11. The number of aliphatic hydroxyl groups is 1. The molecule has 2 atom stereocenters. The molecule has 2 heteroatoms. The standard InChI is InChI=1S/C16H22O2/c17-16(11-13-7-4-10-18-13)15-9-2-1-8-14(15)12-5-3-6-12/h1-2,8-9,12-13,16-17H,3-7,10-11H2. The van der Waals surface area contributed by atoms with Crippen molar-refractivity contribution in [3.8, 4) is 0 Å². The van der Waals surface area contributed by atoms with Gasteiger partial charge in [-0.3, -0.25) is 0 Å². The minimum absolute atomic E-state index is 0.259. The number of rotatable bonds is 4. The summed E-state index contributed by atoms with van der Waals surface area (Å²) in [5.74, 6) is 0.681. The van der Waals surface area contributed by atoms with E-state index in [4.69, 9.17) is 4.74 Å². The molecule has 1 aliphatic carbocycles. The van der Waals surface area contributed by atoms with Gasteiger partial charge in [-0.25, -0.2) is 0 Å². The topological polar surface area (TPSA) is 29.5 Å². The van der Waals surface area contributed by atoms with Gasteiger partial charge >= 0.3 is 0 Å². The molecule has 1 heterocycles. The maximum absolute atomic E-state index is 10.5. The number of hydrogen-bond donors (Lipinski definition) is 1. The molecule has 18 heavy (non-hydrogen) atoms. The van der Waals surface area contributed by atoms with Crippen LogP contribution < -0.4 is 0 Å². The molecule has 2 aliphatic rings. The van der Waals surface area contributed by atoms with Gasteiger partial charge in [0.25, 0.3) is 0 Å². The quantitative estimate of drug-likeness (QED) is 0.880. The van der Waals surface area contributed by atoms with Crippen molar-refractivity contribution < 1.29 is 9.84 Å². The SMILES string of the molecule is OC(CC1CCCO1)c1ccccc1C1CCC1. The smallest absolute Gasteiger partial charge is 0.0817 e. The second-order valence-electron chi connectivity index (χ2n) is 5.64. The van der Waals surface area contributed by atoms with Gasteiger partial charge in [0.2, 0.25) is 0 Å². The zero-order valence-corrected chi connectivity index (χ0v) is 10.8. The van der Waals surface area contributed by atoms with Crippen LogP contribution in [0.4, 0.5) is 0 Å². The number of aliphatic hydroxyl groups excluding tert-OH is 1. The summed E-state index contributed by atoms with van der Waals surface area (Å²) in [6.45, 7) is 0.863. The van der Waals surface area contributed by atoms with E-state index in [9.17, 15) is 5.11 Å². The maximum Gasteiger partial charge on any atom is 0.0817 e. The Labute approximate surface area is 109 Å². The first-order valence-corrected chi connectivity index (χ1v) is 7.23. The molecule has 98 valence electrons. The number of ether oxygens (including phenoxy) is 1. The summed E-state index contributed by atoms with van der Waals surface area (Å²) < 4.78 is 5.63. The van der Waals surface area contributed by atoms with E-state index in [1.54, 1.807) is 0 Å². The second-order valence-corrected chi connectivity index (χ2v) is 5.64. The largest absolute Gasteiger partial charge is 0.388 e. The molecule has 1 saturated heterocycles. The molecule has 0 spiro atoms. The predicted octanol–water partition coefficient (Wildman–Crippen LogP) is 3.56. The van der Waals surface area contributed by atoms with Gasteiger partial charge in [0.05, 0.1) is 12.2 Å². The lowest BCUT2D eigenvalue weighted by Gasteiger charge is -2.29. The van der Waals surface area contributed by atoms with Crippen molar-refractivity contribution in [2.75, 3.05) is 6.61 Å². The highest BCUT2D eigenvalue weighted by molar-refractivity contribution is 5.33. The molecule has 0 aromatic heterocycles.